The van der Waals surface area contributed by atoms with Crippen LogP contribution in [0.2, 0.25) is 0 Å². The highest BCUT2D eigenvalue weighted by atomic mass is 16.5. The third-order valence-corrected chi connectivity index (χ3v) is 2.82. The number of nitrogens with one attached hydrogen (secondary N) is 1. The molecule has 1 heterocycles. The van der Waals surface area contributed by atoms with Gasteiger partial charge in [-0.05, 0) is 24.8 Å². The minimum atomic E-state index is 0.00273. The van der Waals surface area contributed by atoms with Crippen LogP contribution < -0.4 is 10.5 Å². The fourth-order valence-corrected chi connectivity index (χ4v) is 1.85. The van der Waals surface area contributed by atoms with Crippen molar-refractivity contribution in [2.24, 2.45) is 5.73 Å². The molecule has 18 heavy (non-hydrogen) atoms. The molecule has 100 valence electrons. The Kier molecular flexibility index (Phi) is 5.55. The third-order valence-electron chi connectivity index (χ3n) is 2.82. The van der Waals surface area contributed by atoms with Crippen LogP contribution in [0.5, 0.6) is 5.88 Å². The lowest BCUT2D eigenvalue weighted by Crippen LogP contribution is -2.19. The number of ether oxygens (including phenoxy) is 1. The van der Waals surface area contributed by atoms with Crippen molar-refractivity contribution in [3.05, 3.63) is 16.8 Å². The summed E-state index contributed by atoms with van der Waals surface area (Å²) in [6, 6.07) is 0. The Hall–Kier alpha value is -1.65. The van der Waals surface area contributed by atoms with E-state index < -0.39 is 0 Å². The average molecular weight is 250 g/mol. The van der Waals surface area contributed by atoms with Gasteiger partial charge in [-0.15, -0.1) is 5.10 Å². The largest absolute Gasteiger partial charge is 0.476 e. The van der Waals surface area contributed by atoms with Crippen LogP contribution in [0.25, 0.3) is 0 Å². The SMILES string of the molecule is CCCCOc1nnc(CC)c(CC)c1C(=N)N. The van der Waals surface area contributed by atoms with Crippen molar-refractivity contribution < 1.29 is 4.74 Å². The number of nitrogen functional groups attached to an aromatic ring is 1. The van der Waals surface area contributed by atoms with Crippen molar-refractivity contribution in [3.63, 3.8) is 0 Å². The van der Waals surface area contributed by atoms with E-state index in [1.807, 2.05) is 13.8 Å². The van der Waals surface area contributed by atoms with Gasteiger partial charge in [-0.1, -0.05) is 27.2 Å². The van der Waals surface area contributed by atoms with E-state index in [4.69, 9.17) is 15.9 Å². The Morgan fingerprint density at radius 2 is 1.94 bits per heavy atom. The molecule has 5 nitrogen and oxygen atoms in total. The van der Waals surface area contributed by atoms with E-state index in [2.05, 4.69) is 17.1 Å². The normalized spacial score (nSPS) is 10.4. The first-order chi connectivity index (χ1) is 8.65. The zero-order valence-electron chi connectivity index (χ0n) is 11.4. The van der Waals surface area contributed by atoms with E-state index in [-0.39, 0.29) is 5.84 Å². The maximum atomic E-state index is 7.70. The van der Waals surface area contributed by atoms with Gasteiger partial charge in [0, 0.05) is 0 Å². The molecule has 0 amide bonds. The molecule has 0 bridgehead atoms. The Morgan fingerprint density at radius 3 is 2.44 bits per heavy atom. The van der Waals surface area contributed by atoms with Crippen LogP contribution in [0.1, 0.15) is 50.4 Å². The van der Waals surface area contributed by atoms with Gasteiger partial charge in [-0.2, -0.15) is 5.10 Å². The molecule has 3 N–H and O–H groups in total. The number of amidine groups is 1. The maximum absolute atomic E-state index is 7.70. The fraction of sp³-hybridized carbons (Fsp3) is 0.615. The van der Waals surface area contributed by atoms with E-state index in [9.17, 15) is 0 Å². The Balaban J connectivity index is 3.13. The molecule has 0 aliphatic heterocycles. The molecule has 0 saturated carbocycles. The lowest BCUT2D eigenvalue weighted by molar-refractivity contribution is 0.293. The number of hydrogen-bond acceptors (Lipinski definition) is 4. The Labute approximate surface area is 108 Å². The van der Waals surface area contributed by atoms with Crippen LogP contribution in [-0.2, 0) is 12.8 Å². The van der Waals surface area contributed by atoms with Crippen molar-refractivity contribution in [3.8, 4) is 5.88 Å². The molecular formula is C13H22N4O. The van der Waals surface area contributed by atoms with Crippen LogP contribution in [0.3, 0.4) is 0 Å². The first-order valence-electron chi connectivity index (χ1n) is 6.51. The molecule has 1 aromatic heterocycles. The van der Waals surface area contributed by atoms with E-state index >= 15 is 0 Å². The monoisotopic (exact) mass is 250 g/mol. The molecule has 0 atom stereocenters. The van der Waals surface area contributed by atoms with Gasteiger partial charge in [-0.3, -0.25) is 5.41 Å². The second-order valence-corrected chi connectivity index (χ2v) is 4.13. The van der Waals surface area contributed by atoms with E-state index in [1.165, 1.54) is 0 Å². The predicted molar refractivity (Wildman–Crippen MR) is 72.2 cm³/mol. The van der Waals surface area contributed by atoms with Crippen molar-refractivity contribution >= 4 is 5.84 Å². The maximum Gasteiger partial charge on any atom is 0.244 e. The number of nitrogens with two attached hydrogens (primary N) is 1. The summed E-state index contributed by atoms with van der Waals surface area (Å²) in [5.74, 6) is 0.396. The summed E-state index contributed by atoms with van der Waals surface area (Å²) in [5, 5.41) is 15.9. The summed E-state index contributed by atoms with van der Waals surface area (Å²) >= 11 is 0. The molecule has 1 rings (SSSR count). The first-order valence-corrected chi connectivity index (χ1v) is 6.51. The molecule has 0 aliphatic carbocycles. The molecular weight excluding hydrogens is 228 g/mol. The van der Waals surface area contributed by atoms with E-state index in [0.717, 1.165) is 36.9 Å². The number of nitrogens with zero attached hydrogens (tertiary/aromatic N) is 2. The van der Waals surface area contributed by atoms with Gasteiger partial charge < -0.3 is 10.5 Å². The summed E-state index contributed by atoms with van der Waals surface area (Å²) < 4.78 is 5.59. The summed E-state index contributed by atoms with van der Waals surface area (Å²) in [6.45, 7) is 6.72. The van der Waals surface area contributed by atoms with Gasteiger partial charge in [0.05, 0.1) is 17.9 Å². The number of aromatic nitrogens is 2. The second kappa shape index (κ2) is 6.93. The van der Waals surface area contributed by atoms with Crippen LogP contribution in [-0.4, -0.2) is 22.6 Å². The van der Waals surface area contributed by atoms with Gasteiger partial charge in [0.1, 0.15) is 5.84 Å². The Morgan fingerprint density at radius 1 is 1.22 bits per heavy atom. The van der Waals surface area contributed by atoms with Crippen LogP contribution in [0, 0.1) is 5.41 Å². The molecule has 0 spiro atoms. The summed E-state index contributed by atoms with van der Waals surface area (Å²) in [5.41, 5.74) is 8.14. The minimum absolute atomic E-state index is 0.00273. The molecule has 0 fully saturated rings. The fourth-order valence-electron chi connectivity index (χ4n) is 1.85. The van der Waals surface area contributed by atoms with E-state index in [0.29, 0.717) is 18.1 Å². The first kappa shape index (κ1) is 14.4. The predicted octanol–water partition coefficient (Wildman–Crippen LogP) is 2.06. The van der Waals surface area contributed by atoms with Crippen molar-refractivity contribution in [2.75, 3.05) is 6.61 Å². The third kappa shape index (κ3) is 3.18. The zero-order valence-corrected chi connectivity index (χ0v) is 11.4. The number of unbranched alkanes of at least 4 members (excludes halogenated alkanes) is 1. The molecule has 5 heteroatoms. The van der Waals surface area contributed by atoms with Gasteiger partial charge in [0.25, 0.3) is 0 Å². The number of aryl methyl sites for hydroxylation is 1. The summed E-state index contributed by atoms with van der Waals surface area (Å²) in [6.07, 6.45) is 3.57. The van der Waals surface area contributed by atoms with Crippen molar-refractivity contribution in [1.82, 2.24) is 10.2 Å². The van der Waals surface area contributed by atoms with E-state index in [1.54, 1.807) is 0 Å². The van der Waals surface area contributed by atoms with Crippen molar-refractivity contribution in [2.45, 2.75) is 46.5 Å². The molecule has 0 radical (unpaired) electrons. The van der Waals surface area contributed by atoms with Crippen LogP contribution in [0.15, 0.2) is 0 Å². The summed E-state index contributed by atoms with van der Waals surface area (Å²) in [4.78, 5) is 0. The van der Waals surface area contributed by atoms with Crippen LogP contribution >= 0.6 is 0 Å². The zero-order chi connectivity index (χ0) is 13.5. The second-order valence-electron chi connectivity index (χ2n) is 4.13. The topological polar surface area (TPSA) is 84.9 Å². The molecule has 1 aromatic rings. The number of rotatable bonds is 7. The minimum Gasteiger partial charge on any atom is -0.476 e. The lowest BCUT2D eigenvalue weighted by Gasteiger charge is -2.14. The molecule has 0 aromatic carbocycles. The van der Waals surface area contributed by atoms with Gasteiger partial charge >= 0.3 is 0 Å². The van der Waals surface area contributed by atoms with Crippen LogP contribution in [0.4, 0.5) is 0 Å². The van der Waals surface area contributed by atoms with Crippen molar-refractivity contribution in [1.29, 1.82) is 5.41 Å². The highest BCUT2D eigenvalue weighted by Crippen LogP contribution is 2.22. The average Bonchev–Trinajstić information content (AvgIpc) is 2.37. The summed E-state index contributed by atoms with van der Waals surface area (Å²) in [7, 11) is 0. The van der Waals surface area contributed by atoms with Gasteiger partial charge in [-0.25, -0.2) is 0 Å². The highest BCUT2D eigenvalue weighted by Gasteiger charge is 2.17. The van der Waals surface area contributed by atoms with Gasteiger partial charge in [0.2, 0.25) is 5.88 Å². The standard InChI is InChI=1S/C13H22N4O/c1-4-7-8-18-13-11(12(14)15)9(5-2)10(6-3)16-17-13/h4-8H2,1-3H3,(H3,14,15). The Bertz CT molecular complexity index is 418. The molecule has 0 aliphatic rings. The number of hydrogen-bond donors (Lipinski definition) is 2. The smallest absolute Gasteiger partial charge is 0.244 e. The lowest BCUT2D eigenvalue weighted by atomic mass is 10.0. The molecule has 0 unspecified atom stereocenters. The quantitative estimate of drug-likeness (QED) is 0.440. The molecule has 0 saturated heterocycles. The highest BCUT2D eigenvalue weighted by molar-refractivity contribution is 5.98. The van der Waals surface area contributed by atoms with Gasteiger partial charge in [0.15, 0.2) is 0 Å².